The number of aryl methyl sites for hydroxylation is 1. The first kappa shape index (κ1) is 16.5. The van der Waals surface area contributed by atoms with Gasteiger partial charge in [0, 0.05) is 18.2 Å². The number of nitrogens with one attached hydrogen (secondary N) is 2. The molecule has 1 unspecified atom stereocenters. The van der Waals surface area contributed by atoms with Crippen LogP contribution in [0, 0.1) is 12.8 Å². The fourth-order valence-electron chi connectivity index (χ4n) is 2.31. The van der Waals surface area contributed by atoms with Gasteiger partial charge in [-0.05, 0) is 31.7 Å². The average Bonchev–Trinajstić information content (AvgIpc) is 3.23. The molecular weight excluding hydrogens is 300 g/mol. The van der Waals surface area contributed by atoms with E-state index in [0.717, 1.165) is 11.3 Å². The van der Waals surface area contributed by atoms with Gasteiger partial charge < -0.3 is 11.1 Å². The summed E-state index contributed by atoms with van der Waals surface area (Å²) in [6, 6.07) is 9.87. The molecule has 0 saturated heterocycles. The monoisotopic (exact) mass is 320 g/mol. The lowest BCUT2D eigenvalue weighted by molar-refractivity contribution is 0.0945. The van der Waals surface area contributed by atoms with Crippen LogP contribution in [0.4, 0.5) is 0 Å². The maximum atomic E-state index is 12.1. The molecule has 1 saturated carbocycles. The van der Waals surface area contributed by atoms with Crippen molar-refractivity contribution in [1.82, 2.24) is 15.5 Å². The van der Waals surface area contributed by atoms with Gasteiger partial charge in [-0.25, -0.2) is 0 Å². The molecule has 1 atom stereocenters. The van der Waals surface area contributed by atoms with E-state index < -0.39 is 0 Å². The Kier molecular flexibility index (Phi) is 5.21. The Hall–Kier alpha value is -1.85. The highest BCUT2D eigenvalue weighted by molar-refractivity contribution is 5.93. The lowest BCUT2D eigenvalue weighted by atomic mass is 10.1. The number of benzene rings is 1. The SMILES string of the molecule is Cc1ccc(-c2cc(C(=O)NCC(N)C3CC3)[nH]n2)cc1.Cl. The van der Waals surface area contributed by atoms with E-state index in [2.05, 4.69) is 15.5 Å². The van der Waals surface area contributed by atoms with Crippen LogP contribution in [0.2, 0.25) is 0 Å². The minimum atomic E-state index is -0.156. The summed E-state index contributed by atoms with van der Waals surface area (Å²) in [6.07, 6.45) is 2.36. The molecule has 2 aromatic rings. The number of H-pyrrole nitrogens is 1. The Morgan fingerprint density at radius 1 is 1.41 bits per heavy atom. The second kappa shape index (κ2) is 6.94. The Morgan fingerprint density at radius 3 is 2.73 bits per heavy atom. The van der Waals surface area contributed by atoms with E-state index in [4.69, 9.17) is 5.73 Å². The molecular formula is C16H21ClN4O. The zero-order valence-corrected chi connectivity index (χ0v) is 13.3. The third-order valence-electron chi connectivity index (χ3n) is 3.90. The fourth-order valence-corrected chi connectivity index (χ4v) is 2.31. The summed E-state index contributed by atoms with van der Waals surface area (Å²) in [7, 11) is 0. The number of nitrogens with two attached hydrogens (primary N) is 1. The van der Waals surface area contributed by atoms with Gasteiger partial charge in [0.1, 0.15) is 5.69 Å². The van der Waals surface area contributed by atoms with Crippen molar-refractivity contribution in [3.05, 3.63) is 41.6 Å². The highest BCUT2D eigenvalue weighted by atomic mass is 35.5. The van der Waals surface area contributed by atoms with Crippen molar-refractivity contribution in [1.29, 1.82) is 0 Å². The third-order valence-corrected chi connectivity index (χ3v) is 3.90. The van der Waals surface area contributed by atoms with Crippen LogP contribution in [0.25, 0.3) is 11.3 Å². The number of aromatic nitrogens is 2. The smallest absolute Gasteiger partial charge is 0.269 e. The fraction of sp³-hybridized carbons (Fsp3) is 0.375. The number of hydrogen-bond donors (Lipinski definition) is 3. The van der Waals surface area contributed by atoms with Gasteiger partial charge in [-0.3, -0.25) is 9.89 Å². The van der Waals surface area contributed by atoms with Crippen molar-refractivity contribution in [3.63, 3.8) is 0 Å². The molecule has 22 heavy (non-hydrogen) atoms. The van der Waals surface area contributed by atoms with Crippen LogP contribution in [-0.2, 0) is 0 Å². The van der Waals surface area contributed by atoms with Crippen LogP contribution >= 0.6 is 12.4 Å². The minimum absolute atomic E-state index is 0. The van der Waals surface area contributed by atoms with E-state index >= 15 is 0 Å². The lowest BCUT2D eigenvalue weighted by Gasteiger charge is -2.10. The minimum Gasteiger partial charge on any atom is -0.349 e. The quantitative estimate of drug-likeness (QED) is 0.790. The summed E-state index contributed by atoms with van der Waals surface area (Å²) in [5.41, 5.74) is 9.40. The van der Waals surface area contributed by atoms with Gasteiger partial charge >= 0.3 is 0 Å². The summed E-state index contributed by atoms with van der Waals surface area (Å²) < 4.78 is 0. The Bertz CT molecular complexity index is 634. The average molecular weight is 321 g/mol. The predicted molar refractivity (Wildman–Crippen MR) is 89.0 cm³/mol. The van der Waals surface area contributed by atoms with Gasteiger partial charge in [-0.15, -0.1) is 12.4 Å². The van der Waals surface area contributed by atoms with Crippen LogP contribution < -0.4 is 11.1 Å². The van der Waals surface area contributed by atoms with Gasteiger partial charge in [-0.1, -0.05) is 29.8 Å². The van der Waals surface area contributed by atoms with Crippen LogP contribution in [0.3, 0.4) is 0 Å². The van der Waals surface area contributed by atoms with Crippen molar-refractivity contribution in [2.75, 3.05) is 6.54 Å². The molecule has 0 spiro atoms. The molecule has 0 bridgehead atoms. The summed E-state index contributed by atoms with van der Waals surface area (Å²) >= 11 is 0. The second-order valence-electron chi connectivity index (χ2n) is 5.74. The largest absolute Gasteiger partial charge is 0.349 e. The molecule has 6 heteroatoms. The Balaban J connectivity index is 0.00000176. The molecule has 1 fully saturated rings. The maximum absolute atomic E-state index is 12.1. The Morgan fingerprint density at radius 2 is 2.09 bits per heavy atom. The molecule has 3 rings (SSSR count). The first-order valence-corrected chi connectivity index (χ1v) is 7.30. The van der Waals surface area contributed by atoms with Crippen molar-refractivity contribution in [2.24, 2.45) is 11.7 Å². The van der Waals surface area contributed by atoms with Gasteiger partial charge in [0.05, 0.1) is 5.69 Å². The summed E-state index contributed by atoms with van der Waals surface area (Å²) in [4.78, 5) is 12.1. The molecule has 1 aromatic heterocycles. The third kappa shape index (κ3) is 3.87. The number of rotatable bonds is 5. The molecule has 4 N–H and O–H groups in total. The van der Waals surface area contributed by atoms with E-state index in [1.165, 1.54) is 18.4 Å². The molecule has 1 aromatic carbocycles. The molecule has 118 valence electrons. The van der Waals surface area contributed by atoms with E-state index in [9.17, 15) is 4.79 Å². The zero-order chi connectivity index (χ0) is 14.8. The zero-order valence-electron chi connectivity index (χ0n) is 12.5. The molecule has 1 amide bonds. The molecule has 1 aliphatic rings. The highest BCUT2D eigenvalue weighted by Gasteiger charge is 2.28. The van der Waals surface area contributed by atoms with Crippen molar-refractivity contribution in [2.45, 2.75) is 25.8 Å². The first-order valence-electron chi connectivity index (χ1n) is 7.30. The number of nitrogens with zero attached hydrogens (tertiary/aromatic N) is 1. The number of carbonyl (C=O) groups excluding carboxylic acids is 1. The maximum Gasteiger partial charge on any atom is 0.269 e. The van der Waals surface area contributed by atoms with Crippen molar-refractivity contribution >= 4 is 18.3 Å². The number of hydrogen-bond acceptors (Lipinski definition) is 3. The molecule has 1 aliphatic carbocycles. The van der Waals surface area contributed by atoms with Crippen LogP contribution in [0.15, 0.2) is 30.3 Å². The van der Waals surface area contributed by atoms with Crippen LogP contribution in [0.1, 0.15) is 28.9 Å². The molecule has 1 heterocycles. The van der Waals surface area contributed by atoms with Gasteiger partial charge in [-0.2, -0.15) is 5.10 Å². The van der Waals surface area contributed by atoms with E-state index in [1.54, 1.807) is 6.07 Å². The van der Waals surface area contributed by atoms with Crippen LogP contribution in [-0.4, -0.2) is 28.7 Å². The van der Waals surface area contributed by atoms with Crippen LogP contribution in [0.5, 0.6) is 0 Å². The standard InChI is InChI=1S/C16H20N4O.ClH/c1-10-2-4-12(5-3-10)14-8-15(20-19-14)16(21)18-9-13(17)11-6-7-11;/h2-5,8,11,13H,6-7,9,17H2,1H3,(H,18,21)(H,19,20);1H. The number of halogens is 1. The van der Waals surface area contributed by atoms with Gasteiger partial charge in [0.2, 0.25) is 0 Å². The summed E-state index contributed by atoms with van der Waals surface area (Å²) in [5, 5.41) is 9.84. The molecule has 5 nitrogen and oxygen atoms in total. The lowest BCUT2D eigenvalue weighted by Crippen LogP contribution is -2.38. The number of amides is 1. The number of aromatic amines is 1. The second-order valence-corrected chi connectivity index (χ2v) is 5.74. The molecule has 0 radical (unpaired) electrons. The van der Waals surface area contributed by atoms with Gasteiger partial charge in [0.25, 0.3) is 5.91 Å². The Labute approximate surface area is 136 Å². The first-order chi connectivity index (χ1) is 10.1. The summed E-state index contributed by atoms with van der Waals surface area (Å²) in [6.45, 7) is 2.55. The van der Waals surface area contributed by atoms with Crippen molar-refractivity contribution < 1.29 is 4.79 Å². The topological polar surface area (TPSA) is 83.8 Å². The van der Waals surface area contributed by atoms with Crippen molar-refractivity contribution in [3.8, 4) is 11.3 Å². The van der Waals surface area contributed by atoms with E-state index in [0.29, 0.717) is 18.2 Å². The molecule has 0 aliphatic heterocycles. The van der Waals surface area contributed by atoms with Gasteiger partial charge in [0.15, 0.2) is 0 Å². The predicted octanol–water partition coefficient (Wildman–Crippen LogP) is 2.27. The van der Waals surface area contributed by atoms with E-state index in [-0.39, 0.29) is 24.4 Å². The normalized spacial score (nSPS) is 15.0. The van der Waals surface area contributed by atoms with E-state index in [1.807, 2.05) is 31.2 Å². The number of carbonyl (C=O) groups is 1. The highest BCUT2D eigenvalue weighted by Crippen LogP contribution is 2.31. The summed E-state index contributed by atoms with van der Waals surface area (Å²) in [5.74, 6) is 0.423.